The molecule has 0 radical (unpaired) electrons. The van der Waals surface area contributed by atoms with E-state index >= 15 is 0 Å². The highest BCUT2D eigenvalue weighted by Gasteiger charge is 2.34. The number of nitrogens with one attached hydrogen (secondary N) is 1. The summed E-state index contributed by atoms with van der Waals surface area (Å²) in [6, 6.07) is 26.0. The Morgan fingerprint density at radius 2 is 1.68 bits per heavy atom. The van der Waals surface area contributed by atoms with Gasteiger partial charge in [-0.25, -0.2) is 4.79 Å². The van der Waals surface area contributed by atoms with Gasteiger partial charge in [-0.05, 0) is 28.8 Å². The van der Waals surface area contributed by atoms with E-state index in [-0.39, 0.29) is 25.4 Å². The molecule has 1 amide bonds. The zero-order valence-electron chi connectivity index (χ0n) is 23.4. The lowest BCUT2D eigenvalue weighted by Gasteiger charge is -2.41. The Hall–Kier alpha value is -3.53. The summed E-state index contributed by atoms with van der Waals surface area (Å²) in [5.74, 6) is 0. The maximum atomic E-state index is 12.1. The van der Waals surface area contributed by atoms with Crippen molar-refractivity contribution in [1.29, 1.82) is 0 Å². The molecule has 0 spiro atoms. The number of rotatable bonds is 10. The Kier molecular flexibility index (Phi) is 10.2. The molecule has 8 heteroatoms. The molecule has 8 nitrogen and oxygen atoms in total. The first-order chi connectivity index (χ1) is 20.1. The molecular weight excluding hydrogens is 518 g/mol. The van der Waals surface area contributed by atoms with Gasteiger partial charge < -0.3 is 19.3 Å². The number of ether oxygens (including phenoxy) is 3. The van der Waals surface area contributed by atoms with Crippen LogP contribution in [0.2, 0.25) is 0 Å². The van der Waals surface area contributed by atoms with Crippen LogP contribution < -0.4 is 5.32 Å². The minimum absolute atomic E-state index is 0.00540. The minimum Gasteiger partial charge on any atom is -0.445 e. The SMILES string of the molecule is C=CCOC(=O)Nc1cccc([C@@H]2O[C@H](CN3CCN(Cc4ccccc4)CC3)C[C@H](c3ccc(CO)cc3)O2)c1. The van der Waals surface area contributed by atoms with E-state index in [0.29, 0.717) is 5.69 Å². The molecule has 5 rings (SSSR count). The standard InChI is InChI=1S/C33H39N3O5/c1-2-19-39-33(38)34-29-10-6-9-28(20-29)32-40-30(21-31(41-32)27-13-11-26(24-37)12-14-27)23-36-17-15-35(16-18-36)22-25-7-4-3-5-8-25/h2-14,20,30-32,37H,1,15-19,21-24H2,(H,34,38)/t30-,31+,32+/m0/s1. The van der Waals surface area contributed by atoms with Crippen molar-refractivity contribution in [2.45, 2.75) is 38.1 Å². The van der Waals surface area contributed by atoms with Crippen LogP contribution in [0, 0.1) is 0 Å². The number of carbonyl (C=O) groups excluding carboxylic acids is 1. The summed E-state index contributed by atoms with van der Waals surface area (Å²) in [7, 11) is 0. The van der Waals surface area contributed by atoms with E-state index in [1.807, 2.05) is 42.5 Å². The zero-order chi connectivity index (χ0) is 28.4. The smallest absolute Gasteiger partial charge is 0.411 e. The molecule has 0 aliphatic carbocycles. The van der Waals surface area contributed by atoms with Gasteiger partial charge in [0.1, 0.15) is 6.61 Å². The second-order valence-corrected chi connectivity index (χ2v) is 10.6. The van der Waals surface area contributed by atoms with Crippen LogP contribution >= 0.6 is 0 Å². The van der Waals surface area contributed by atoms with Crippen LogP contribution in [0.1, 0.15) is 41.1 Å². The molecule has 0 bridgehead atoms. The predicted octanol–water partition coefficient (Wildman–Crippen LogP) is 5.28. The third-order valence-electron chi connectivity index (χ3n) is 7.53. The van der Waals surface area contributed by atoms with Gasteiger partial charge in [0.15, 0.2) is 6.29 Å². The van der Waals surface area contributed by atoms with Gasteiger partial charge in [-0.15, -0.1) is 0 Å². The second kappa shape index (κ2) is 14.4. The van der Waals surface area contributed by atoms with Crippen LogP contribution in [0.15, 0.2) is 91.5 Å². The molecule has 2 saturated heterocycles. The van der Waals surface area contributed by atoms with E-state index in [9.17, 15) is 9.90 Å². The van der Waals surface area contributed by atoms with Crippen LogP contribution in [-0.2, 0) is 27.4 Å². The third kappa shape index (κ3) is 8.25. The molecule has 3 aromatic carbocycles. The Balaban J connectivity index is 1.26. The van der Waals surface area contributed by atoms with Crippen molar-refractivity contribution < 1.29 is 24.1 Å². The second-order valence-electron chi connectivity index (χ2n) is 10.6. The van der Waals surface area contributed by atoms with Crippen LogP contribution in [0.3, 0.4) is 0 Å². The van der Waals surface area contributed by atoms with Crippen molar-refractivity contribution >= 4 is 11.8 Å². The number of aliphatic hydroxyl groups is 1. The molecule has 0 saturated carbocycles. The van der Waals surface area contributed by atoms with E-state index in [0.717, 1.165) is 62.4 Å². The number of hydrogen-bond donors (Lipinski definition) is 2. The number of anilines is 1. The van der Waals surface area contributed by atoms with E-state index in [4.69, 9.17) is 14.2 Å². The largest absolute Gasteiger partial charge is 0.445 e. The molecule has 2 aliphatic rings. The maximum absolute atomic E-state index is 12.1. The molecule has 216 valence electrons. The quantitative estimate of drug-likeness (QED) is 0.328. The zero-order valence-corrected chi connectivity index (χ0v) is 23.4. The van der Waals surface area contributed by atoms with Gasteiger partial charge in [0.2, 0.25) is 0 Å². The average molecular weight is 558 g/mol. The first kappa shape index (κ1) is 29.0. The molecule has 0 unspecified atom stereocenters. The van der Waals surface area contributed by atoms with Crippen LogP contribution in [0.4, 0.5) is 10.5 Å². The summed E-state index contributed by atoms with van der Waals surface area (Å²) < 4.78 is 18.1. The summed E-state index contributed by atoms with van der Waals surface area (Å²) in [6.45, 7) is 9.51. The number of aliphatic hydroxyl groups excluding tert-OH is 1. The van der Waals surface area contributed by atoms with Crippen molar-refractivity contribution in [2.24, 2.45) is 0 Å². The number of nitrogens with zero attached hydrogens (tertiary/aromatic N) is 2. The molecule has 41 heavy (non-hydrogen) atoms. The third-order valence-corrected chi connectivity index (χ3v) is 7.53. The van der Waals surface area contributed by atoms with Gasteiger partial charge in [-0.1, -0.05) is 79.4 Å². The first-order valence-corrected chi connectivity index (χ1v) is 14.2. The maximum Gasteiger partial charge on any atom is 0.411 e. The van der Waals surface area contributed by atoms with E-state index in [1.165, 1.54) is 11.6 Å². The molecule has 2 N–H and O–H groups in total. The highest BCUT2D eigenvalue weighted by molar-refractivity contribution is 5.84. The molecule has 3 atom stereocenters. The minimum atomic E-state index is -0.596. The Morgan fingerprint density at radius 1 is 0.927 bits per heavy atom. The molecular formula is C33H39N3O5. The lowest BCUT2D eigenvalue weighted by molar-refractivity contribution is -0.253. The summed E-state index contributed by atoms with van der Waals surface area (Å²) in [4.78, 5) is 17.1. The van der Waals surface area contributed by atoms with Gasteiger partial charge >= 0.3 is 6.09 Å². The lowest BCUT2D eigenvalue weighted by atomic mass is 9.99. The monoisotopic (exact) mass is 557 g/mol. The lowest BCUT2D eigenvalue weighted by Crippen LogP contribution is -2.49. The Bertz CT molecular complexity index is 1260. The molecule has 2 fully saturated rings. The Morgan fingerprint density at radius 3 is 2.41 bits per heavy atom. The summed E-state index contributed by atoms with van der Waals surface area (Å²) in [5, 5.41) is 12.2. The van der Waals surface area contributed by atoms with Crippen molar-refractivity contribution in [3.05, 3.63) is 114 Å². The van der Waals surface area contributed by atoms with Crippen molar-refractivity contribution in [3.63, 3.8) is 0 Å². The fourth-order valence-corrected chi connectivity index (χ4v) is 5.34. The number of hydrogen-bond acceptors (Lipinski definition) is 7. The Labute approximate surface area is 242 Å². The topological polar surface area (TPSA) is 83.5 Å². The van der Waals surface area contributed by atoms with Crippen LogP contribution in [-0.4, -0.2) is 66.4 Å². The molecule has 2 aliphatic heterocycles. The summed E-state index contributed by atoms with van der Waals surface area (Å²) in [6.07, 6.45) is 0.910. The number of benzene rings is 3. The molecule has 0 aromatic heterocycles. The molecule has 2 heterocycles. The number of carbonyl (C=O) groups is 1. The predicted molar refractivity (Wildman–Crippen MR) is 158 cm³/mol. The van der Waals surface area contributed by atoms with E-state index in [2.05, 4.69) is 52.0 Å². The summed E-state index contributed by atoms with van der Waals surface area (Å²) >= 11 is 0. The van der Waals surface area contributed by atoms with Gasteiger partial charge in [-0.3, -0.25) is 15.1 Å². The van der Waals surface area contributed by atoms with Crippen molar-refractivity contribution in [1.82, 2.24) is 9.80 Å². The van der Waals surface area contributed by atoms with Crippen molar-refractivity contribution in [3.8, 4) is 0 Å². The van der Waals surface area contributed by atoms with Crippen molar-refractivity contribution in [2.75, 3.05) is 44.6 Å². The fraction of sp³-hybridized carbons (Fsp3) is 0.364. The van der Waals surface area contributed by atoms with Gasteiger partial charge in [0.05, 0.1) is 18.8 Å². The van der Waals surface area contributed by atoms with Crippen LogP contribution in [0.5, 0.6) is 0 Å². The average Bonchev–Trinajstić information content (AvgIpc) is 3.01. The van der Waals surface area contributed by atoms with Gasteiger partial charge in [-0.2, -0.15) is 0 Å². The molecule has 3 aromatic rings. The van der Waals surface area contributed by atoms with E-state index < -0.39 is 12.4 Å². The highest BCUT2D eigenvalue weighted by Crippen LogP contribution is 2.38. The number of piperazine rings is 1. The normalized spacial score (nSPS) is 21.7. The highest BCUT2D eigenvalue weighted by atomic mass is 16.7. The number of amides is 1. The van der Waals surface area contributed by atoms with Gasteiger partial charge in [0.25, 0.3) is 0 Å². The van der Waals surface area contributed by atoms with E-state index in [1.54, 1.807) is 6.07 Å². The fourth-order valence-electron chi connectivity index (χ4n) is 5.34. The first-order valence-electron chi connectivity index (χ1n) is 14.2. The van der Waals surface area contributed by atoms with Gasteiger partial charge in [0, 0.05) is 56.9 Å². The van der Waals surface area contributed by atoms with Crippen LogP contribution in [0.25, 0.3) is 0 Å². The summed E-state index contributed by atoms with van der Waals surface area (Å²) in [5.41, 5.74) is 4.68.